The lowest BCUT2D eigenvalue weighted by atomic mass is 9.77. The molecule has 1 aliphatic rings. The van der Waals surface area contributed by atoms with Crippen LogP contribution in [0.4, 0.5) is 0 Å². The first kappa shape index (κ1) is 11.1. The molecular formula is C13H17NO2. The lowest BCUT2D eigenvalue weighted by molar-refractivity contribution is -0.133. The Balaban J connectivity index is 2.04. The van der Waals surface area contributed by atoms with Crippen molar-refractivity contribution in [3.63, 3.8) is 0 Å². The molecule has 1 aliphatic carbocycles. The van der Waals surface area contributed by atoms with Gasteiger partial charge in [-0.3, -0.25) is 4.79 Å². The van der Waals surface area contributed by atoms with E-state index in [9.17, 15) is 9.90 Å². The van der Waals surface area contributed by atoms with Gasteiger partial charge in [0, 0.05) is 13.6 Å². The average molecular weight is 219 g/mol. The Bertz CT molecular complexity index is 401. The van der Waals surface area contributed by atoms with Gasteiger partial charge in [0.15, 0.2) is 0 Å². The van der Waals surface area contributed by atoms with Gasteiger partial charge in [-0.1, -0.05) is 24.3 Å². The number of benzene rings is 1. The van der Waals surface area contributed by atoms with E-state index in [2.05, 4.69) is 6.07 Å². The minimum absolute atomic E-state index is 0.0000463. The van der Waals surface area contributed by atoms with Crippen LogP contribution in [-0.4, -0.2) is 35.6 Å². The second-order valence-corrected chi connectivity index (χ2v) is 4.52. The summed E-state index contributed by atoms with van der Waals surface area (Å²) in [7, 11) is 1.75. The molecule has 1 amide bonds. The van der Waals surface area contributed by atoms with Crippen LogP contribution in [0.15, 0.2) is 24.3 Å². The molecule has 3 nitrogen and oxygen atoms in total. The Kier molecular flexibility index (Phi) is 2.97. The lowest BCUT2D eigenvalue weighted by Gasteiger charge is -2.32. The molecule has 0 saturated carbocycles. The van der Waals surface area contributed by atoms with Gasteiger partial charge in [-0.15, -0.1) is 0 Å². The quantitative estimate of drug-likeness (QED) is 0.829. The van der Waals surface area contributed by atoms with Gasteiger partial charge in [0.1, 0.15) is 0 Å². The average Bonchev–Trinajstić information content (AvgIpc) is 2.18. The molecule has 2 atom stereocenters. The van der Waals surface area contributed by atoms with Gasteiger partial charge in [0.25, 0.3) is 0 Å². The fourth-order valence-corrected chi connectivity index (χ4v) is 2.23. The summed E-state index contributed by atoms with van der Waals surface area (Å²) in [4.78, 5) is 13.7. The number of carbonyl (C=O) groups is 1. The summed E-state index contributed by atoms with van der Waals surface area (Å²) in [5.41, 5.74) is 2.41. The van der Waals surface area contributed by atoms with Crippen LogP contribution in [0.1, 0.15) is 24.0 Å². The zero-order valence-corrected chi connectivity index (χ0v) is 9.68. The van der Waals surface area contributed by atoms with E-state index in [1.807, 2.05) is 18.2 Å². The number of aliphatic hydroxyl groups is 1. The number of rotatable bonds is 3. The van der Waals surface area contributed by atoms with Crippen LogP contribution in [0.25, 0.3) is 0 Å². The third-order valence-corrected chi connectivity index (χ3v) is 3.07. The van der Waals surface area contributed by atoms with E-state index < -0.39 is 6.10 Å². The second-order valence-electron chi connectivity index (χ2n) is 4.52. The fraction of sp³-hybridized carbons (Fsp3) is 0.462. The predicted molar refractivity (Wildman–Crippen MR) is 62.2 cm³/mol. The largest absolute Gasteiger partial charge is 0.392 e. The van der Waals surface area contributed by atoms with Crippen LogP contribution in [0.5, 0.6) is 0 Å². The Labute approximate surface area is 95.7 Å². The molecule has 0 aromatic heterocycles. The Morgan fingerprint density at radius 1 is 1.56 bits per heavy atom. The number of fused-ring (bicyclic) bond motifs is 1. The molecule has 1 N–H and O–H groups in total. The van der Waals surface area contributed by atoms with E-state index in [1.165, 1.54) is 5.56 Å². The van der Waals surface area contributed by atoms with Gasteiger partial charge in [-0.05, 0) is 24.5 Å². The maximum Gasteiger partial charge on any atom is 0.230 e. The molecule has 0 bridgehead atoms. The molecule has 0 radical (unpaired) electrons. The number of hydrogen-bond acceptors (Lipinski definition) is 2. The SMILES string of the molecule is CC(O)CN(C)C(=O)C1Cc2ccccc21. The molecular weight excluding hydrogens is 202 g/mol. The molecule has 1 aromatic rings. The highest BCUT2D eigenvalue weighted by atomic mass is 16.3. The van der Waals surface area contributed by atoms with Crippen molar-refractivity contribution < 1.29 is 9.90 Å². The molecule has 0 spiro atoms. The van der Waals surface area contributed by atoms with Gasteiger partial charge < -0.3 is 10.0 Å². The lowest BCUT2D eigenvalue weighted by Crippen LogP contribution is -2.40. The topological polar surface area (TPSA) is 40.5 Å². The minimum Gasteiger partial charge on any atom is -0.392 e. The van der Waals surface area contributed by atoms with Gasteiger partial charge >= 0.3 is 0 Å². The Morgan fingerprint density at radius 3 is 2.88 bits per heavy atom. The molecule has 0 heterocycles. The summed E-state index contributed by atoms with van der Waals surface area (Å²) in [6.45, 7) is 2.09. The van der Waals surface area contributed by atoms with Gasteiger partial charge in [-0.2, -0.15) is 0 Å². The molecule has 0 saturated heterocycles. The summed E-state index contributed by atoms with van der Waals surface area (Å²) in [6.07, 6.45) is 0.364. The number of likely N-dealkylation sites (N-methyl/N-ethyl adjacent to an activating group) is 1. The maximum atomic E-state index is 12.0. The van der Waals surface area contributed by atoms with Gasteiger partial charge in [0.05, 0.1) is 12.0 Å². The van der Waals surface area contributed by atoms with Crippen molar-refractivity contribution in [2.75, 3.05) is 13.6 Å². The van der Waals surface area contributed by atoms with Gasteiger partial charge in [0.2, 0.25) is 5.91 Å². The van der Waals surface area contributed by atoms with Crippen LogP contribution >= 0.6 is 0 Å². The molecule has 2 unspecified atom stereocenters. The van der Waals surface area contributed by atoms with Crippen molar-refractivity contribution >= 4 is 5.91 Å². The van der Waals surface area contributed by atoms with E-state index in [4.69, 9.17) is 0 Å². The molecule has 86 valence electrons. The first-order chi connectivity index (χ1) is 7.59. The van der Waals surface area contributed by atoms with E-state index in [0.29, 0.717) is 6.54 Å². The van der Waals surface area contributed by atoms with Crippen molar-refractivity contribution in [2.24, 2.45) is 0 Å². The number of nitrogens with zero attached hydrogens (tertiary/aromatic N) is 1. The summed E-state index contributed by atoms with van der Waals surface area (Å²) in [6, 6.07) is 8.04. The molecule has 0 fully saturated rings. The second kappa shape index (κ2) is 4.26. The summed E-state index contributed by atoms with van der Waals surface area (Å²) < 4.78 is 0. The predicted octanol–water partition coefficient (Wildman–Crippen LogP) is 1.17. The van der Waals surface area contributed by atoms with Crippen LogP contribution in [0, 0.1) is 0 Å². The first-order valence-corrected chi connectivity index (χ1v) is 5.60. The van der Waals surface area contributed by atoms with Crippen molar-refractivity contribution in [1.82, 2.24) is 4.90 Å². The molecule has 0 aliphatic heterocycles. The standard InChI is InChI=1S/C13H17NO2/c1-9(15)8-14(2)13(16)12-7-10-5-3-4-6-11(10)12/h3-6,9,12,15H,7-8H2,1-2H3. The van der Waals surface area contributed by atoms with Crippen LogP contribution < -0.4 is 0 Å². The van der Waals surface area contributed by atoms with E-state index in [0.717, 1.165) is 12.0 Å². The molecule has 3 heteroatoms. The van der Waals surface area contributed by atoms with Crippen molar-refractivity contribution in [3.8, 4) is 0 Å². The summed E-state index contributed by atoms with van der Waals surface area (Å²) >= 11 is 0. The molecule has 2 rings (SSSR count). The zero-order chi connectivity index (χ0) is 11.7. The molecule has 16 heavy (non-hydrogen) atoms. The normalized spacial score (nSPS) is 19.6. The highest BCUT2D eigenvalue weighted by Crippen LogP contribution is 2.35. The third kappa shape index (κ3) is 1.95. The summed E-state index contributed by atoms with van der Waals surface area (Å²) in [5.74, 6) is 0.111. The van der Waals surface area contributed by atoms with Crippen LogP contribution in [-0.2, 0) is 11.2 Å². The zero-order valence-electron chi connectivity index (χ0n) is 9.68. The monoisotopic (exact) mass is 219 g/mol. The highest BCUT2D eigenvalue weighted by Gasteiger charge is 2.33. The van der Waals surface area contributed by atoms with Crippen LogP contribution in [0.3, 0.4) is 0 Å². The smallest absolute Gasteiger partial charge is 0.230 e. The van der Waals surface area contributed by atoms with Crippen molar-refractivity contribution in [3.05, 3.63) is 35.4 Å². The molecule has 1 aromatic carbocycles. The summed E-state index contributed by atoms with van der Waals surface area (Å²) in [5, 5.41) is 9.25. The van der Waals surface area contributed by atoms with E-state index in [-0.39, 0.29) is 11.8 Å². The maximum absolute atomic E-state index is 12.0. The number of aliphatic hydroxyl groups excluding tert-OH is 1. The van der Waals surface area contributed by atoms with E-state index >= 15 is 0 Å². The van der Waals surface area contributed by atoms with E-state index in [1.54, 1.807) is 18.9 Å². The van der Waals surface area contributed by atoms with Crippen molar-refractivity contribution in [1.29, 1.82) is 0 Å². The first-order valence-electron chi connectivity index (χ1n) is 5.60. The Morgan fingerprint density at radius 2 is 2.25 bits per heavy atom. The van der Waals surface area contributed by atoms with Crippen molar-refractivity contribution in [2.45, 2.75) is 25.4 Å². The van der Waals surface area contributed by atoms with Gasteiger partial charge in [-0.25, -0.2) is 0 Å². The minimum atomic E-state index is -0.468. The van der Waals surface area contributed by atoms with Crippen LogP contribution in [0.2, 0.25) is 0 Å². The fourth-order valence-electron chi connectivity index (χ4n) is 2.23. The highest BCUT2D eigenvalue weighted by molar-refractivity contribution is 5.86. The Hall–Kier alpha value is -1.35. The third-order valence-electron chi connectivity index (χ3n) is 3.07. The number of amides is 1. The number of hydrogen-bond donors (Lipinski definition) is 1. The number of carbonyl (C=O) groups excluding carboxylic acids is 1.